The van der Waals surface area contributed by atoms with E-state index in [2.05, 4.69) is 86.7 Å². The van der Waals surface area contributed by atoms with Crippen molar-refractivity contribution in [2.24, 2.45) is 25.9 Å². The van der Waals surface area contributed by atoms with Gasteiger partial charge in [0.25, 0.3) is 0 Å². The number of urea groups is 2. The summed E-state index contributed by atoms with van der Waals surface area (Å²) in [5.74, 6) is 3.55. The van der Waals surface area contributed by atoms with Crippen molar-refractivity contribution in [1.82, 2.24) is 34.3 Å². The minimum atomic E-state index is -0.390. The van der Waals surface area contributed by atoms with Crippen molar-refractivity contribution in [3.8, 4) is 11.5 Å². The molecule has 308 valence electrons. The SMILES string of the molecule is Cc1ccc(NC(=O)Nc2ncc(C(S)c3nncn3C)s2)c(OCC(C)C)c1.Cc1ccc(NC(=O)Nc2ncc(CSc3nccn3C)s2)c(OCC(C)C)c1. The van der Waals surface area contributed by atoms with E-state index in [9.17, 15) is 9.59 Å². The van der Waals surface area contributed by atoms with Crippen molar-refractivity contribution in [2.45, 2.75) is 57.7 Å². The molecule has 1 unspecified atom stereocenters. The van der Waals surface area contributed by atoms with Crippen LogP contribution in [0.5, 0.6) is 11.5 Å². The number of imidazole rings is 1. The molecule has 6 rings (SSSR count). The molecule has 0 radical (unpaired) electrons. The van der Waals surface area contributed by atoms with Crippen LogP contribution in [0.25, 0.3) is 0 Å². The molecule has 4 aromatic heterocycles. The van der Waals surface area contributed by atoms with Gasteiger partial charge in [0.2, 0.25) is 0 Å². The zero-order valence-electron chi connectivity index (χ0n) is 33.6. The van der Waals surface area contributed by atoms with Gasteiger partial charge in [-0.1, -0.05) is 51.6 Å². The molecule has 2 aromatic carbocycles. The number of amides is 4. The Balaban J connectivity index is 0.000000221. The predicted octanol–water partition coefficient (Wildman–Crippen LogP) is 9.43. The molecule has 0 fully saturated rings. The number of benzene rings is 2. The molecule has 4 amide bonds. The Bertz CT molecular complexity index is 2270. The summed E-state index contributed by atoms with van der Waals surface area (Å²) in [6.45, 7) is 13.4. The number of aryl methyl sites for hydroxylation is 4. The molecule has 58 heavy (non-hydrogen) atoms. The molecule has 4 heterocycles. The minimum Gasteiger partial charge on any atom is -0.491 e. The van der Waals surface area contributed by atoms with Gasteiger partial charge in [-0.15, -0.1) is 32.9 Å². The summed E-state index contributed by atoms with van der Waals surface area (Å²) in [5.41, 5.74) is 3.37. The second-order valence-electron chi connectivity index (χ2n) is 14.1. The number of thiazole rings is 2. The number of hydrogen-bond acceptors (Lipinski definition) is 13. The first-order valence-corrected chi connectivity index (χ1v) is 21.5. The third kappa shape index (κ3) is 13.2. The summed E-state index contributed by atoms with van der Waals surface area (Å²) < 4.78 is 15.5. The van der Waals surface area contributed by atoms with E-state index in [0.29, 0.717) is 64.0 Å². The quantitative estimate of drug-likeness (QED) is 0.0494. The first-order chi connectivity index (χ1) is 27.7. The maximum absolute atomic E-state index is 12.5. The van der Waals surface area contributed by atoms with E-state index < -0.39 is 6.03 Å². The van der Waals surface area contributed by atoms with Gasteiger partial charge < -0.3 is 29.2 Å². The molecular weight excluding hydrogens is 815 g/mol. The van der Waals surface area contributed by atoms with Gasteiger partial charge in [-0.3, -0.25) is 10.6 Å². The van der Waals surface area contributed by atoms with Crippen LogP contribution >= 0.6 is 47.1 Å². The number of thioether (sulfide) groups is 1. The fraction of sp³-hybridized carbons (Fsp3) is 0.359. The Morgan fingerprint density at radius 3 is 1.88 bits per heavy atom. The molecular formula is C39H49N11O4S4. The van der Waals surface area contributed by atoms with E-state index in [0.717, 1.165) is 31.8 Å². The molecule has 1 atom stereocenters. The van der Waals surface area contributed by atoms with Crippen LogP contribution < -0.4 is 30.7 Å². The number of hydrogen-bond donors (Lipinski definition) is 5. The van der Waals surface area contributed by atoms with Crippen molar-refractivity contribution in [1.29, 1.82) is 0 Å². The van der Waals surface area contributed by atoms with Crippen molar-refractivity contribution in [3.05, 3.63) is 94.2 Å². The van der Waals surface area contributed by atoms with Crippen LogP contribution in [0.4, 0.5) is 31.2 Å². The summed E-state index contributed by atoms with van der Waals surface area (Å²) in [6, 6.07) is 10.6. The van der Waals surface area contributed by atoms with Crippen molar-refractivity contribution in [3.63, 3.8) is 0 Å². The number of nitrogens with one attached hydrogen (secondary N) is 4. The van der Waals surface area contributed by atoms with E-state index in [1.807, 2.05) is 75.1 Å². The molecule has 19 heteroatoms. The number of rotatable bonds is 15. The lowest BCUT2D eigenvalue weighted by Crippen LogP contribution is -2.20. The topological polar surface area (TPSA) is 175 Å². The van der Waals surface area contributed by atoms with Crippen LogP contribution in [-0.4, -0.2) is 59.6 Å². The fourth-order valence-corrected chi connectivity index (χ4v) is 7.93. The van der Waals surface area contributed by atoms with Crippen molar-refractivity contribution >= 4 is 80.8 Å². The van der Waals surface area contributed by atoms with E-state index in [-0.39, 0.29) is 11.3 Å². The van der Waals surface area contributed by atoms with Crippen LogP contribution in [0, 0.1) is 25.7 Å². The van der Waals surface area contributed by atoms with Crippen LogP contribution in [0.1, 0.15) is 59.7 Å². The number of nitrogens with zero attached hydrogens (tertiary/aromatic N) is 7. The molecule has 0 aliphatic rings. The lowest BCUT2D eigenvalue weighted by atomic mass is 10.2. The molecule has 4 N–H and O–H groups in total. The normalized spacial score (nSPS) is 11.5. The summed E-state index contributed by atoms with van der Waals surface area (Å²) in [7, 11) is 3.82. The van der Waals surface area contributed by atoms with E-state index in [1.54, 1.807) is 41.2 Å². The number of ether oxygens (including phenoxy) is 2. The highest BCUT2D eigenvalue weighted by Crippen LogP contribution is 2.33. The van der Waals surface area contributed by atoms with Gasteiger partial charge in [0, 0.05) is 54.4 Å². The number of carbonyl (C=O) groups is 2. The second kappa shape index (κ2) is 21.1. The van der Waals surface area contributed by atoms with Crippen LogP contribution in [0.2, 0.25) is 0 Å². The molecule has 0 aliphatic carbocycles. The summed E-state index contributed by atoms with van der Waals surface area (Å²) >= 11 is 9.01. The van der Waals surface area contributed by atoms with Gasteiger partial charge in [-0.25, -0.2) is 24.5 Å². The highest BCUT2D eigenvalue weighted by Gasteiger charge is 2.19. The van der Waals surface area contributed by atoms with Gasteiger partial charge in [0.15, 0.2) is 21.2 Å². The Morgan fingerprint density at radius 2 is 1.36 bits per heavy atom. The largest absolute Gasteiger partial charge is 0.491 e. The lowest BCUT2D eigenvalue weighted by Gasteiger charge is -2.14. The summed E-state index contributed by atoms with van der Waals surface area (Å²) in [6.07, 6.45) is 8.76. The van der Waals surface area contributed by atoms with Gasteiger partial charge >= 0.3 is 12.1 Å². The number of carbonyl (C=O) groups excluding carboxylic acids is 2. The Hall–Kier alpha value is -5.11. The van der Waals surface area contributed by atoms with E-state index in [1.165, 1.54) is 22.7 Å². The number of aromatic nitrogens is 7. The molecule has 0 bridgehead atoms. The lowest BCUT2D eigenvalue weighted by molar-refractivity contribution is 0.260. The van der Waals surface area contributed by atoms with Crippen molar-refractivity contribution < 1.29 is 19.1 Å². The van der Waals surface area contributed by atoms with Crippen LogP contribution in [-0.2, 0) is 19.8 Å². The smallest absolute Gasteiger partial charge is 0.325 e. The molecule has 0 saturated carbocycles. The highest BCUT2D eigenvalue weighted by atomic mass is 32.2. The van der Waals surface area contributed by atoms with Crippen LogP contribution in [0.3, 0.4) is 0 Å². The molecule has 0 saturated heterocycles. The molecule has 0 spiro atoms. The third-order valence-corrected chi connectivity index (χ3v) is 11.7. The van der Waals surface area contributed by atoms with E-state index >= 15 is 0 Å². The second-order valence-corrected chi connectivity index (χ2v) is 17.7. The number of thiol groups is 1. The van der Waals surface area contributed by atoms with Crippen molar-refractivity contribution in [2.75, 3.05) is 34.5 Å². The van der Waals surface area contributed by atoms with Gasteiger partial charge in [0.05, 0.1) is 29.8 Å². The first-order valence-electron chi connectivity index (χ1n) is 18.4. The van der Waals surface area contributed by atoms with Gasteiger partial charge in [-0.05, 0) is 61.1 Å². The molecule has 15 nitrogen and oxygen atoms in total. The zero-order chi connectivity index (χ0) is 41.8. The Kier molecular flexibility index (Phi) is 16.0. The minimum absolute atomic E-state index is 0.272. The average Bonchev–Trinajstić information content (AvgIpc) is 4.00. The monoisotopic (exact) mass is 863 g/mol. The summed E-state index contributed by atoms with van der Waals surface area (Å²) in [4.78, 5) is 39.7. The maximum Gasteiger partial charge on any atom is 0.325 e. The highest BCUT2D eigenvalue weighted by molar-refractivity contribution is 7.98. The van der Waals surface area contributed by atoms with Crippen LogP contribution in [0.15, 0.2) is 72.7 Å². The average molecular weight is 864 g/mol. The van der Waals surface area contributed by atoms with Gasteiger partial charge in [0.1, 0.15) is 17.8 Å². The molecule has 6 aromatic rings. The zero-order valence-corrected chi connectivity index (χ0v) is 37.0. The Morgan fingerprint density at radius 1 is 0.793 bits per heavy atom. The standard InChI is InChI=1S/C20H25N5O2S2.C19H24N6O2S2/c1-13(2)11-27-17-9-14(3)5-6-16(17)23-18(26)24-19-22-10-15(29-19)12-28-20-21-7-8-25(20)4;1-11(2)9-27-14-7-12(3)5-6-13(14)22-18(26)23-19-20-8-15(29-19)16(28)17-24-21-10-25(17)4/h5-10,13H,11-12H2,1-4H3,(H2,22,23,24,26);5-8,10-11,16,28H,9H2,1-4H3,(H2,20,22,23,26). The molecule has 0 aliphatic heterocycles. The third-order valence-electron chi connectivity index (χ3n) is 7.81. The first kappa shape index (κ1) is 44.0. The number of anilines is 4. The van der Waals surface area contributed by atoms with Gasteiger partial charge in [-0.2, -0.15) is 12.6 Å². The van der Waals surface area contributed by atoms with E-state index in [4.69, 9.17) is 9.47 Å². The Labute approximate surface area is 356 Å². The maximum atomic E-state index is 12.5. The predicted molar refractivity (Wildman–Crippen MR) is 237 cm³/mol. The fourth-order valence-electron chi connectivity index (χ4n) is 4.92. The summed E-state index contributed by atoms with van der Waals surface area (Å²) in [5, 5.41) is 20.9.